The first-order valence-electron chi connectivity index (χ1n) is 9.01. The summed E-state index contributed by atoms with van der Waals surface area (Å²) in [5, 5.41) is 7.71. The van der Waals surface area contributed by atoms with Crippen LogP contribution < -0.4 is 5.32 Å². The molecule has 3 aromatic rings. The Hall–Kier alpha value is -2.76. The normalized spacial score (nSPS) is 15.2. The molecule has 1 amide bonds. The molecule has 0 saturated heterocycles. The summed E-state index contributed by atoms with van der Waals surface area (Å²) in [5.74, 6) is 0.321. The Kier molecular flexibility index (Phi) is 3.98. The van der Waals surface area contributed by atoms with Crippen LogP contribution in [0.3, 0.4) is 0 Å². The molecule has 6 heteroatoms. The number of hydrogen-bond donors (Lipinski definition) is 1. The Bertz CT molecular complexity index is 1000. The minimum Gasteiger partial charge on any atom is -0.343 e. The van der Waals surface area contributed by atoms with Gasteiger partial charge in [-0.05, 0) is 70.2 Å². The van der Waals surface area contributed by atoms with Crippen LogP contribution >= 0.6 is 0 Å². The number of hydrogen-bond acceptors (Lipinski definition) is 4. The van der Waals surface area contributed by atoms with Crippen molar-refractivity contribution in [2.24, 2.45) is 5.92 Å². The Labute approximate surface area is 152 Å². The minimum atomic E-state index is -0.129. The van der Waals surface area contributed by atoms with Crippen molar-refractivity contribution in [1.82, 2.24) is 24.9 Å². The highest BCUT2D eigenvalue weighted by Crippen LogP contribution is 2.40. The topological polar surface area (TPSA) is 72.2 Å². The largest absolute Gasteiger partial charge is 0.343 e. The van der Waals surface area contributed by atoms with Crippen LogP contribution in [0, 0.1) is 33.6 Å². The smallest absolute Gasteiger partial charge is 0.257 e. The van der Waals surface area contributed by atoms with Gasteiger partial charge in [-0.25, -0.2) is 9.50 Å². The number of pyridine rings is 1. The van der Waals surface area contributed by atoms with Crippen molar-refractivity contribution < 1.29 is 4.79 Å². The fourth-order valence-corrected chi connectivity index (χ4v) is 3.50. The molecular formula is C20H23N5O. The molecule has 0 unspecified atom stereocenters. The Morgan fingerprint density at radius 2 is 2.00 bits per heavy atom. The van der Waals surface area contributed by atoms with Gasteiger partial charge in [0.15, 0.2) is 5.65 Å². The van der Waals surface area contributed by atoms with Crippen LogP contribution in [-0.4, -0.2) is 25.5 Å². The van der Waals surface area contributed by atoms with Gasteiger partial charge >= 0.3 is 0 Å². The van der Waals surface area contributed by atoms with E-state index in [9.17, 15) is 4.79 Å². The lowest BCUT2D eigenvalue weighted by Crippen LogP contribution is -2.31. The summed E-state index contributed by atoms with van der Waals surface area (Å²) in [6.07, 6.45) is 4.04. The van der Waals surface area contributed by atoms with Crippen LogP contribution in [0.2, 0.25) is 0 Å². The molecule has 3 aromatic heterocycles. The molecule has 1 atom stereocenters. The molecule has 6 nitrogen and oxygen atoms in total. The number of nitrogens with zero attached hydrogens (tertiary/aromatic N) is 4. The first-order chi connectivity index (χ1) is 12.4. The van der Waals surface area contributed by atoms with Gasteiger partial charge in [-0.15, -0.1) is 0 Å². The van der Waals surface area contributed by atoms with Gasteiger partial charge in [-0.2, -0.15) is 5.10 Å². The van der Waals surface area contributed by atoms with E-state index in [1.807, 2.05) is 39.8 Å². The number of nitrogens with one attached hydrogen (secondary N) is 1. The van der Waals surface area contributed by atoms with E-state index in [1.54, 1.807) is 10.7 Å². The summed E-state index contributed by atoms with van der Waals surface area (Å²) < 4.78 is 1.74. The fourth-order valence-electron chi connectivity index (χ4n) is 3.50. The number of carbonyl (C=O) groups is 1. The number of amides is 1. The van der Waals surface area contributed by atoms with Gasteiger partial charge in [-0.3, -0.25) is 9.78 Å². The molecule has 1 aliphatic rings. The molecule has 0 bridgehead atoms. The van der Waals surface area contributed by atoms with E-state index < -0.39 is 0 Å². The molecule has 26 heavy (non-hydrogen) atoms. The second-order valence-corrected chi connectivity index (χ2v) is 7.28. The van der Waals surface area contributed by atoms with Gasteiger partial charge in [0.05, 0.1) is 17.4 Å². The van der Waals surface area contributed by atoms with E-state index in [0.29, 0.717) is 22.8 Å². The van der Waals surface area contributed by atoms with Gasteiger partial charge in [0.25, 0.3) is 5.91 Å². The van der Waals surface area contributed by atoms with Crippen LogP contribution in [0.1, 0.15) is 57.6 Å². The van der Waals surface area contributed by atoms with Crippen molar-refractivity contribution in [2.75, 3.05) is 0 Å². The molecule has 0 spiro atoms. The summed E-state index contributed by atoms with van der Waals surface area (Å²) in [5.41, 5.74) is 5.77. The van der Waals surface area contributed by atoms with Crippen molar-refractivity contribution >= 4 is 11.6 Å². The molecule has 1 saturated carbocycles. The van der Waals surface area contributed by atoms with Gasteiger partial charge in [-0.1, -0.05) is 0 Å². The van der Waals surface area contributed by atoms with Crippen LogP contribution in [-0.2, 0) is 0 Å². The Morgan fingerprint density at radius 3 is 2.69 bits per heavy atom. The van der Waals surface area contributed by atoms with Crippen molar-refractivity contribution in [3.05, 3.63) is 58.3 Å². The van der Waals surface area contributed by atoms with Crippen molar-refractivity contribution in [1.29, 1.82) is 0 Å². The lowest BCUT2D eigenvalue weighted by molar-refractivity contribution is 0.0931. The van der Waals surface area contributed by atoms with Crippen LogP contribution in [0.5, 0.6) is 0 Å². The molecule has 1 N–H and O–H groups in total. The third-order valence-electron chi connectivity index (χ3n) is 4.93. The van der Waals surface area contributed by atoms with Gasteiger partial charge < -0.3 is 5.32 Å². The zero-order valence-corrected chi connectivity index (χ0v) is 15.6. The van der Waals surface area contributed by atoms with Crippen LogP contribution in [0.25, 0.3) is 5.65 Å². The third kappa shape index (κ3) is 2.96. The second kappa shape index (κ2) is 6.20. The zero-order valence-electron chi connectivity index (χ0n) is 15.6. The standard InChI is InChI=1S/C20H23N5O/c1-11-7-8-21-16(9-11)18(15-5-6-15)23-20(26)17-14(4)24-25-13(3)10-12(2)22-19(17)25/h7-10,15,18H,5-6H2,1-4H3,(H,23,26)/t18-/m0/s1. The average molecular weight is 349 g/mol. The predicted molar refractivity (Wildman–Crippen MR) is 99.1 cm³/mol. The van der Waals surface area contributed by atoms with Crippen molar-refractivity contribution in [2.45, 2.75) is 46.6 Å². The molecular weight excluding hydrogens is 326 g/mol. The molecule has 4 rings (SSSR count). The first-order valence-corrected chi connectivity index (χ1v) is 9.01. The number of aryl methyl sites for hydroxylation is 4. The van der Waals surface area contributed by atoms with E-state index in [2.05, 4.69) is 26.4 Å². The lowest BCUT2D eigenvalue weighted by Gasteiger charge is -2.18. The predicted octanol–water partition coefficient (Wildman–Crippen LogP) is 3.24. The van der Waals surface area contributed by atoms with E-state index in [4.69, 9.17) is 0 Å². The summed E-state index contributed by atoms with van der Waals surface area (Å²) in [6.45, 7) is 7.80. The van der Waals surface area contributed by atoms with Gasteiger partial charge in [0.1, 0.15) is 5.56 Å². The van der Waals surface area contributed by atoms with Crippen LogP contribution in [0.15, 0.2) is 24.4 Å². The molecule has 134 valence electrons. The van der Waals surface area contributed by atoms with E-state index in [1.165, 1.54) is 0 Å². The van der Waals surface area contributed by atoms with E-state index in [0.717, 1.165) is 35.5 Å². The average Bonchev–Trinajstić information content (AvgIpc) is 3.35. The van der Waals surface area contributed by atoms with Crippen molar-refractivity contribution in [3.63, 3.8) is 0 Å². The maximum atomic E-state index is 13.1. The minimum absolute atomic E-state index is 0.0670. The van der Waals surface area contributed by atoms with Crippen LogP contribution in [0.4, 0.5) is 0 Å². The monoisotopic (exact) mass is 349 g/mol. The lowest BCUT2D eigenvalue weighted by atomic mass is 10.1. The highest BCUT2D eigenvalue weighted by molar-refractivity contribution is 6.01. The number of rotatable bonds is 4. The molecule has 0 aliphatic heterocycles. The number of carbonyl (C=O) groups excluding carboxylic acids is 1. The summed E-state index contributed by atoms with van der Waals surface area (Å²) in [6, 6.07) is 5.92. The zero-order chi connectivity index (χ0) is 18.4. The quantitative estimate of drug-likeness (QED) is 0.785. The molecule has 0 aromatic carbocycles. The third-order valence-corrected chi connectivity index (χ3v) is 4.93. The SMILES string of the molecule is Cc1ccnc([C@@H](NC(=O)c2c(C)nn3c(C)cc(C)nc23)C2CC2)c1. The summed E-state index contributed by atoms with van der Waals surface area (Å²) in [4.78, 5) is 22.2. The maximum absolute atomic E-state index is 13.1. The highest BCUT2D eigenvalue weighted by atomic mass is 16.1. The number of fused-ring (bicyclic) bond motifs is 1. The summed E-state index contributed by atoms with van der Waals surface area (Å²) >= 11 is 0. The molecule has 1 fully saturated rings. The Balaban J connectivity index is 1.71. The van der Waals surface area contributed by atoms with E-state index in [-0.39, 0.29) is 11.9 Å². The second-order valence-electron chi connectivity index (χ2n) is 7.28. The summed E-state index contributed by atoms with van der Waals surface area (Å²) in [7, 11) is 0. The van der Waals surface area contributed by atoms with Gasteiger partial charge in [0, 0.05) is 17.6 Å². The Morgan fingerprint density at radius 1 is 1.23 bits per heavy atom. The fraction of sp³-hybridized carbons (Fsp3) is 0.400. The van der Waals surface area contributed by atoms with E-state index >= 15 is 0 Å². The molecule has 0 radical (unpaired) electrons. The van der Waals surface area contributed by atoms with Gasteiger partial charge in [0.2, 0.25) is 0 Å². The maximum Gasteiger partial charge on any atom is 0.257 e. The highest BCUT2D eigenvalue weighted by Gasteiger charge is 2.35. The first kappa shape index (κ1) is 16.7. The molecule has 1 aliphatic carbocycles. The molecule has 3 heterocycles. The van der Waals surface area contributed by atoms with Crippen molar-refractivity contribution in [3.8, 4) is 0 Å². The number of aromatic nitrogens is 4.